The molecule has 2 N–H and O–H groups in total. The third kappa shape index (κ3) is 4.96. The molecule has 0 aromatic heterocycles. The summed E-state index contributed by atoms with van der Waals surface area (Å²) in [5, 5.41) is 19.7. The highest BCUT2D eigenvalue weighted by Crippen LogP contribution is 2.40. The monoisotopic (exact) mass is 441 g/mol. The molecular formula is C24H24FNO6. The molecule has 0 spiro atoms. The van der Waals surface area contributed by atoms with Crippen LogP contribution in [0.4, 0.5) is 4.39 Å². The molecule has 2 aromatic rings. The zero-order valence-corrected chi connectivity index (χ0v) is 17.6. The largest absolute Gasteiger partial charge is 0.507 e. The van der Waals surface area contributed by atoms with Crippen molar-refractivity contribution in [3.8, 4) is 5.75 Å². The van der Waals surface area contributed by atoms with Gasteiger partial charge in [-0.1, -0.05) is 18.6 Å². The van der Waals surface area contributed by atoms with E-state index in [4.69, 9.17) is 9.84 Å². The third-order valence-electron chi connectivity index (χ3n) is 5.38. The Bertz CT molecular complexity index is 1030. The van der Waals surface area contributed by atoms with Crippen LogP contribution in [-0.2, 0) is 14.4 Å². The number of aliphatic hydroxyl groups excluding tert-OH is 1. The van der Waals surface area contributed by atoms with Crippen LogP contribution in [0.25, 0.3) is 5.76 Å². The standard InChI is InChI=1S/C24H24FNO6/c1-32-18-12-8-15(9-13-18)21-20(22(29)16-6-10-17(25)11-7-16)23(30)24(31)26(21)14-4-2-3-5-19(27)28/h6-13,21,29H,2-5,14H2,1H3,(H,27,28)/t21-/m0/s1. The molecule has 1 saturated heterocycles. The molecule has 0 radical (unpaired) electrons. The zero-order valence-electron chi connectivity index (χ0n) is 17.6. The molecule has 1 atom stereocenters. The maximum Gasteiger partial charge on any atom is 0.303 e. The lowest BCUT2D eigenvalue weighted by atomic mass is 9.95. The predicted molar refractivity (Wildman–Crippen MR) is 115 cm³/mol. The number of halogens is 1. The van der Waals surface area contributed by atoms with E-state index in [1.807, 2.05) is 0 Å². The van der Waals surface area contributed by atoms with Gasteiger partial charge in [0.05, 0.1) is 18.7 Å². The number of aliphatic carboxylic acids is 1. The summed E-state index contributed by atoms with van der Waals surface area (Å²) in [4.78, 5) is 37.8. The fourth-order valence-corrected chi connectivity index (χ4v) is 3.74. The van der Waals surface area contributed by atoms with Gasteiger partial charge in [0, 0.05) is 18.5 Å². The summed E-state index contributed by atoms with van der Waals surface area (Å²) in [7, 11) is 1.52. The fraction of sp³-hybridized carbons (Fsp3) is 0.292. The lowest BCUT2D eigenvalue weighted by Gasteiger charge is -2.25. The molecule has 168 valence electrons. The van der Waals surface area contributed by atoms with E-state index >= 15 is 0 Å². The lowest BCUT2D eigenvalue weighted by molar-refractivity contribution is -0.140. The van der Waals surface area contributed by atoms with E-state index in [0.29, 0.717) is 30.6 Å². The van der Waals surface area contributed by atoms with E-state index < -0.39 is 29.5 Å². The number of rotatable bonds is 9. The van der Waals surface area contributed by atoms with Gasteiger partial charge < -0.3 is 19.8 Å². The van der Waals surface area contributed by atoms with Crippen molar-refractivity contribution in [3.05, 3.63) is 71.0 Å². The summed E-state index contributed by atoms with van der Waals surface area (Å²) in [6, 6.07) is 11.0. The van der Waals surface area contributed by atoms with E-state index in [9.17, 15) is 23.9 Å². The van der Waals surface area contributed by atoms with Gasteiger partial charge in [0.25, 0.3) is 11.7 Å². The van der Waals surface area contributed by atoms with Crippen LogP contribution in [0.15, 0.2) is 54.1 Å². The molecule has 1 amide bonds. The second-order valence-corrected chi connectivity index (χ2v) is 7.48. The van der Waals surface area contributed by atoms with Crippen molar-refractivity contribution in [3.63, 3.8) is 0 Å². The van der Waals surface area contributed by atoms with Crippen LogP contribution in [-0.4, -0.2) is 46.4 Å². The van der Waals surface area contributed by atoms with E-state index in [2.05, 4.69) is 0 Å². The maximum absolute atomic E-state index is 13.3. The topological polar surface area (TPSA) is 104 Å². The zero-order chi connectivity index (χ0) is 23.3. The smallest absolute Gasteiger partial charge is 0.303 e. The number of ether oxygens (including phenoxy) is 1. The van der Waals surface area contributed by atoms with E-state index in [-0.39, 0.29) is 29.9 Å². The Hall–Kier alpha value is -3.68. The molecular weight excluding hydrogens is 417 g/mol. The Morgan fingerprint density at radius 1 is 1.00 bits per heavy atom. The number of nitrogens with zero attached hydrogens (tertiary/aromatic N) is 1. The molecule has 8 heteroatoms. The SMILES string of the molecule is COc1ccc([C@H]2C(=C(O)c3ccc(F)cc3)C(=O)C(=O)N2CCCCCC(=O)O)cc1. The first-order valence-electron chi connectivity index (χ1n) is 10.2. The molecule has 1 heterocycles. The molecule has 1 fully saturated rings. The molecule has 2 aromatic carbocycles. The number of likely N-dealkylation sites (tertiary alicyclic amines) is 1. The Balaban J connectivity index is 1.97. The number of hydrogen-bond acceptors (Lipinski definition) is 5. The maximum atomic E-state index is 13.3. The van der Waals surface area contributed by atoms with Crippen LogP contribution in [0.2, 0.25) is 0 Å². The van der Waals surface area contributed by atoms with Gasteiger partial charge in [-0.25, -0.2) is 4.39 Å². The van der Waals surface area contributed by atoms with E-state index in [1.54, 1.807) is 24.3 Å². The van der Waals surface area contributed by atoms with Gasteiger partial charge in [0.1, 0.15) is 17.3 Å². The Labute approximate surface area is 184 Å². The summed E-state index contributed by atoms with van der Waals surface area (Å²) in [6.07, 6.45) is 1.57. The minimum atomic E-state index is -0.886. The van der Waals surface area contributed by atoms with E-state index in [0.717, 1.165) is 12.1 Å². The average Bonchev–Trinajstić information content (AvgIpc) is 3.03. The first kappa shape index (κ1) is 23.0. The van der Waals surface area contributed by atoms with Crippen molar-refractivity contribution >= 4 is 23.4 Å². The van der Waals surface area contributed by atoms with Gasteiger partial charge in [0.2, 0.25) is 0 Å². The second kappa shape index (κ2) is 10.1. The summed E-state index contributed by atoms with van der Waals surface area (Å²) >= 11 is 0. The number of carboxylic acids is 1. The molecule has 0 saturated carbocycles. The molecule has 7 nitrogen and oxygen atoms in total. The lowest BCUT2D eigenvalue weighted by Crippen LogP contribution is -2.30. The highest BCUT2D eigenvalue weighted by molar-refractivity contribution is 6.46. The van der Waals surface area contributed by atoms with Crippen LogP contribution in [0, 0.1) is 5.82 Å². The minimum absolute atomic E-state index is 0.0330. The number of carbonyl (C=O) groups excluding carboxylic acids is 2. The number of unbranched alkanes of at least 4 members (excludes halogenated alkanes) is 2. The van der Waals surface area contributed by atoms with Gasteiger partial charge in [-0.2, -0.15) is 0 Å². The normalized spacial score (nSPS) is 17.6. The molecule has 0 unspecified atom stereocenters. The average molecular weight is 441 g/mol. The number of Topliss-reactive ketones (excluding diaryl/α,β-unsaturated/α-hetero) is 1. The highest BCUT2D eigenvalue weighted by Gasteiger charge is 2.45. The van der Waals surface area contributed by atoms with Crippen molar-refractivity contribution in [2.45, 2.75) is 31.7 Å². The Morgan fingerprint density at radius 3 is 2.25 bits per heavy atom. The minimum Gasteiger partial charge on any atom is -0.507 e. The van der Waals surface area contributed by atoms with Crippen LogP contribution in [0.5, 0.6) is 5.75 Å². The third-order valence-corrected chi connectivity index (χ3v) is 5.38. The van der Waals surface area contributed by atoms with Crippen LogP contribution >= 0.6 is 0 Å². The number of aliphatic hydroxyl groups is 1. The first-order chi connectivity index (χ1) is 15.3. The number of carboxylic acid groups (broad SMARTS) is 1. The Kier molecular flexibility index (Phi) is 7.25. The van der Waals surface area contributed by atoms with Crippen molar-refractivity contribution in [2.24, 2.45) is 0 Å². The summed E-state index contributed by atoms with van der Waals surface area (Å²) in [5.41, 5.74) is 0.765. The van der Waals surface area contributed by atoms with Gasteiger partial charge in [0.15, 0.2) is 0 Å². The van der Waals surface area contributed by atoms with Gasteiger partial charge >= 0.3 is 5.97 Å². The number of methoxy groups -OCH3 is 1. The summed E-state index contributed by atoms with van der Waals surface area (Å²) < 4.78 is 18.5. The van der Waals surface area contributed by atoms with Crippen molar-refractivity contribution in [1.82, 2.24) is 4.90 Å². The molecule has 1 aliphatic heterocycles. The molecule has 1 aliphatic rings. The van der Waals surface area contributed by atoms with Crippen LogP contribution < -0.4 is 4.74 Å². The van der Waals surface area contributed by atoms with Crippen molar-refractivity contribution in [1.29, 1.82) is 0 Å². The highest BCUT2D eigenvalue weighted by atomic mass is 19.1. The Morgan fingerprint density at radius 2 is 1.66 bits per heavy atom. The second-order valence-electron chi connectivity index (χ2n) is 7.48. The number of benzene rings is 2. The van der Waals surface area contributed by atoms with Gasteiger partial charge in [-0.15, -0.1) is 0 Å². The van der Waals surface area contributed by atoms with Gasteiger partial charge in [-0.05, 0) is 54.8 Å². The van der Waals surface area contributed by atoms with Gasteiger partial charge in [-0.3, -0.25) is 14.4 Å². The molecule has 3 rings (SSSR count). The number of amides is 1. The number of carbonyl (C=O) groups is 3. The fourth-order valence-electron chi connectivity index (χ4n) is 3.74. The quantitative estimate of drug-likeness (QED) is 0.265. The molecule has 32 heavy (non-hydrogen) atoms. The van der Waals surface area contributed by atoms with Crippen LogP contribution in [0.3, 0.4) is 0 Å². The molecule has 0 aliphatic carbocycles. The first-order valence-corrected chi connectivity index (χ1v) is 10.2. The molecule has 0 bridgehead atoms. The van der Waals surface area contributed by atoms with E-state index in [1.165, 1.54) is 24.1 Å². The summed E-state index contributed by atoms with van der Waals surface area (Å²) in [6.45, 7) is 0.223. The summed E-state index contributed by atoms with van der Waals surface area (Å²) in [5.74, 6) is -2.72. The van der Waals surface area contributed by atoms with Crippen molar-refractivity contribution < 1.29 is 33.7 Å². The predicted octanol–water partition coefficient (Wildman–Crippen LogP) is 3.90. The van der Waals surface area contributed by atoms with Crippen LogP contribution in [0.1, 0.15) is 42.9 Å². The number of ketones is 1. The number of hydrogen-bond donors (Lipinski definition) is 2. The van der Waals surface area contributed by atoms with Crippen molar-refractivity contribution in [2.75, 3.05) is 13.7 Å².